The lowest BCUT2D eigenvalue weighted by atomic mass is 9.93. The molecule has 0 fully saturated rings. The first-order chi connectivity index (χ1) is 10.2. The monoisotopic (exact) mass is 310 g/mol. The van der Waals surface area contributed by atoms with Gasteiger partial charge in [-0.15, -0.1) is 0 Å². The third kappa shape index (κ3) is 5.71. The van der Waals surface area contributed by atoms with Crippen LogP contribution in [0.5, 0.6) is 0 Å². The molecule has 1 aromatic carbocycles. The number of rotatable bonds is 4. The summed E-state index contributed by atoms with van der Waals surface area (Å²) in [5, 5.41) is 0. The highest BCUT2D eigenvalue weighted by molar-refractivity contribution is 5.85. The first-order valence-corrected chi connectivity index (χ1v) is 7.28. The molecule has 122 valence electrons. The Hall–Kier alpha value is -2.11. The van der Waals surface area contributed by atoms with Gasteiger partial charge < -0.3 is 4.74 Å². The summed E-state index contributed by atoms with van der Waals surface area (Å²) in [4.78, 5) is 23.7. The molecular weight excluding hydrogens is 287 g/mol. The lowest BCUT2D eigenvalue weighted by Crippen LogP contribution is -2.46. The van der Waals surface area contributed by atoms with E-state index >= 15 is 0 Å². The fourth-order valence-electron chi connectivity index (χ4n) is 1.98. The van der Waals surface area contributed by atoms with E-state index in [1.54, 1.807) is 39.0 Å². The van der Waals surface area contributed by atoms with Crippen molar-refractivity contribution in [1.29, 1.82) is 0 Å². The Balaban J connectivity index is 2.71. The molecule has 0 spiro atoms. The first-order valence-electron chi connectivity index (χ1n) is 7.28. The van der Waals surface area contributed by atoms with Crippen LogP contribution >= 0.6 is 0 Å². The second-order valence-corrected chi connectivity index (χ2v) is 5.98. The van der Waals surface area contributed by atoms with Crippen molar-refractivity contribution < 1.29 is 18.7 Å². The minimum Gasteiger partial charge on any atom is -0.443 e. The SMILES string of the molecule is CCCC(C(=O)NNC(=O)OC(C)(C)C)c1ccccc1F. The van der Waals surface area contributed by atoms with Crippen molar-refractivity contribution in [2.24, 2.45) is 0 Å². The molecule has 0 radical (unpaired) electrons. The van der Waals surface area contributed by atoms with Gasteiger partial charge in [-0.2, -0.15) is 0 Å². The highest BCUT2D eigenvalue weighted by atomic mass is 19.1. The lowest BCUT2D eigenvalue weighted by Gasteiger charge is -2.21. The molecule has 2 amide bonds. The van der Waals surface area contributed by atoms with E-state index in [0.717, 1.165) is 0 Å². The Morgan fingerprint density at radius 3 is 2.41 bits per heavy atom. The predicted molar refractivity (Wildman–Crippen MR) is 81.6 cm³/mol. The molecule has 0 saturated carbocycles. The van der Waals surface area contributed by atoms with E-state index in [1.807, 2.05) is 6.92 Å². The molecule has 0 saturated heterocycles. The number of nitrogens with one attached hydrogen (secondary N) is 2. The fraction of sp³-hybridized carbons (Fsp3) is 0.500. The van der Waals surface area contributed by atoms with E-state index in [0.29, 0.717) is 18.4 Å². The van der Waals surface area contributed by atoms with E-state index in [-0.39, 0.29) is 0 Å². The molecule has 0 bridgehead atoms. The van der Waals surface area contributed by atoms with Gasteiger partial charge in [-0.3, -0.25) is 10.2 Å². The zero-order valence-corrected chi connectivity index (χ0v) is 13.4. The highest BCUT2D eigenvalue weighted by Crippen LogP contribution is 2.23. The van der Waals surface area contributed by atoms with Crippen molar-refractivity contribution in [2.75, 3.05) is 0 Å². The van der Waals surface area contributed by atoms with Gasteiger partial charge in [0.05, 0.1) is 5.92 Å². The summed E-state index contributed by atoms with van der Waals surface area (Å²) in [7, 11) is 0. The van der Waals surface area contributed by atoms with Gasteiger partial charge in [-0.25, -0.2) is 14.6 Å². The zero-order chi connectivity index (χ0) is 16.8. The van der Waals surface area contributed by atoms with Crippen LogP contribution in [-0.4, -0.2) is 17.6 Å². The molecule has 5 nitrogen and oxygen atoms in total. The number of hydrogen-bond donors (Lipinski definition) is 2. The zero-order valence-electron chi connectivity index (χ0n) is 13.4. The van der Waals surface area contributed by atoms with Crippen molar-refractivity contribution >= 4 is 12.0 Å². The smallest absolute Gasteiger partial charge is 0.426 e. The number of carbonyl (C=O) groups is 2. The van der Waals surface area contributed by atoms with E-state index in [2.05, 4.69) is 10.9 Å². The molecule has 0 heterocycles. The number of halogens is 1. The first kappa shape index (κ1) is 17.9. The molecule has 22 heavy (non-hydrogen) atoms. The quantitative estimate of drug-likeness (QED) is 0.839. The maximum Gasteiger partial charge on any atom is 0.426 e. The van der Waals surface area contributed by atoms with Crippen molar-refractivity contribution in [3.8, 4) is 0 Å². The van der Waals surface area contributed by atoms with E-state index in [9.17, 15) is 14.0 Å². The summed E-state index contributed by atoms with van der Waals surface area (Å²) in [6.45, 7) is 7.05. The molecule has 2 N–H and O–H groups in total. The fourth-order valence-corrected chi connectivity index (χ4v) is 1.98. The maximum atomic E-state index is 13.9. The Morgan fingerprint density at radius 1 is 1.23 bits per heavy atom. The van der Waals surface area contributed by atoms with Crippen LogP contribution in [0.3, 0.4) is 0 Å². The Bertz CT molecular complexity index is 526. The van der Waals surface area contributed by atoms with Crippen molar-refractivity contribution in [3.05, 3.63) is 35.6 Å². The number of carbonyl (C=O) groups excluding carboxylic acids is 2. The second-order valence-electron chi connectivity index (χ2n) is 5.98. The summed E-state index contributed by atoms with van der Waals surface area (Å²) >= 11 is 0. The van der Waals surface area contributed by atoms with Crippen LogP contribution in [0.15, 0.2) is 24.3 Å². The average molecular weight is 310 g/mol. The predicted octanol–water partition coefficient (Wildman–Crippen LogP) is 3.27. The minimum absolute atomic E-state index is 0.313. The Labute approximate surface area is 130 Å². The largest absolute Gasteiger partial charge is 0.443 e. The summed E-state index contributed by atoms with van der Waals surface area (Å²) < 4.78 is 18.9. The molecule has 1 rings (SSSR count). The molecule has 1 atom stereocenters. The van der Waals surface area contributed by atoms with Crippen LogP contribution in [0.2, 0.25) is 0 Å². The molecule has 1 aromatic rings. The second kappa shape index (κ2) is 7.77. The average Bonchev–Trinajstić information content (AvgIpc) is 2.41. The van der Waals surface area contributed by atoms with Gasteiger partial charge in [0, 0.05) is 5.56 Å². The molecular formula is C16H23FN2O3. The highest BCUT2D eigenvalue weighted by Gasteiger charge is 2.24. The molecule has 6 heteroatoms. The van der Waals surface area contributed by atoms with Crippen LogP contribution in [0.25, 0.3) is 0 Å². The van der Waals surface area contributed by atoms with Crippen molar-refractivity contribution in [1.82, 2.24) is 10.9 Å². The van der Waals surface area contributed by atoms with Gasteiger partial charge in [0.2, 0.25) is 5.91 Å². The van der Waals surface area contributed by atoms with Crippen molar-refractivity contribution in [3.63, 3.8) is 0 Å². The van der Waals surface area contributed by atoms with Gasteiger partial charge in [0.15, 0.2) is 0 Å². The molecule has 0 aromatic heterocycles. The number of hydrogen-bond acceptors (Lipinski definition) is 3. The Kier molecular flexibility index (Phi) is 6.34. The van der Waals surface area contributed by atoms with Gasteiger partial charge >= 0.3 is 6.09 Å². The van der Waals surface area contributed by atoms with Crippen LogP contribution in [0.1, 0.15) is 52.0 Å². The summed E-state index contributed by atoms with van der Waals surface area (Å²) in [5.74, 6) is -1.58. The molecule has 0 aliphatic rings. The van der Waals surface area contributed by atoms with Gasteiger partial charge in [0.25, 0.3) is 0 Å². The summed E-state index contributed by atoms with van der Waals surface area (Å²) in [6.07, 6.45) is 0.423. The van der Waals surface area contributed by atoms with Crippen LogP contribution in [0.4, 0.5) is 9.18 Å². The van der Waals surface area contributed by atoms with Gasteiger partial charge in [-0.05, 0) is 33.3 Å². The Morgan fingerprint density at radius 2 is 1.86 bits per heavy atom. The van der Waals surface area contributed by atoms with E-state index in [1.165, 1.54) is 6.07 Å². The molecule has 0 aliphatic heterocycles. The summed E-state index contributed by atoms with van der Waals surface area (Å²) in [5.41, 5.74) is 4.12. The van der Waals surface area contributed by atoms with Crippen LogP contribution in [0, 0.1) is 5.82 Å². The molecule has 0 aliphatic carbocycles. The normalized spacial score (nSPS) is 12.4. The third-order valence-corrected chi connectivity index (χ3v) is 2.86. The maximum absolute atomic E-state index is 13.9. The van der Waals surface area contributed by atoms with Crippen LogP contribution in [-0.2, 0) is 9.53 Å². The number of hydrazine groups is 1. The number of ether oxygens (including phenoxy) is 1. The number of amides is 2. The van der Waals surface area contributed by atoms with Gasteiger partial charge in [0.1, 0.15) is 11.4 Å². The molecule has 1 unspecified atom stereocenters. The standard InChI is InChI=1S/C16H23FN2O3/c1-5-8-12(11-9-6-7-10-13(11)17)14(20)18-19-15(21)22-16(2,3)4/h6-7,9-10,12H,5,8H2,1-4H3,(H,18,20)(H,19,21). The number of benzene rings is 1. The van der Waals surface area contributed by atoms with Gasteiger partial charge in [-0.1, -0.05) is 31.5 Å². The lowest BCUT2D eigenvalue weighted by molar-refractivity contribution is -0.123. The summed E-state index contributed by atoms with van der Waals surface area (Å²) in [6, 6.07) is 6.13. The van der Waals surface area contributed by atoms with Crippen molar-refractivity contribution in [2.45, 2.75) is 52.1 Å². The minimum atomic E-state index is -0.760. The van der Waals surface area contributed by atoms with E-state index in [4.69, 9.17) is 4.74 Å². The topological polar surface area (TPSA) is 67.4 Å². The third-order valence-electron chi connectivity index (χ3n) is 2.86. The van der Waals surface area contributed by atoms with E-state index < -0.39 is 29.3 Å². The van der Waals surface area contributed by atoms with Crippen LogP contribution < -0.4 is 10.9 Å².